The second-order valence-electron chi connectivity index (χ2n) is 7.67. The van der Waals surface area contributed by atoms with Gasteiger partial charge in [-0.05, 0) is 58.5 Å². The van der Waals surface area contributed by atoms with E-state index in [0.29, 0.717) is 24.2 Å². The number of hydrogen-bond acceptors (Lipinski definition) is 5. The zero-order valence-corrected chi connectivity index (χ0v) is 17.7. The minimum Gasteiger partial charge on any atom is -0.481 e. The Morgan fingerprint density at radius 1 is 1.32 bits per heavy atom. The topological polar surface area (TPSA) is 97.5 Å². The Labute approximate surface area is 183 Å². The number of imidazole rings is 1. The van der Waals surface area contributed by atoms with Gasteiger partial charge in [-0.1, -0.05) is 0 Å². The van der Waals surface area contributed by atoms with Gasteiger partial charge >= 0.3 is 5.97 Å². The number of ether oxygens (including phenoxy) is 1. The van der Waals surface area contributed by atoms with Crippen LogP contribution in [0.5, 0.6) is 5.88 Å². The summed E-state index contributed by atoms with van der Waals surface area (Å²) in [5, 5.41) is 21.0. The fraction of sp³-hybridized carbons (Fsp3) is 0.286. The predicted molar refractivity (Wildman–Crippen MR) is 108 cm³/mol. The lowest BCUT2D eigenvalue weighted by molar-refractivity contribution is 0.0683. The second-order valence-corrected chi connectivity index (χ2v) is 8.53. The van der Waals surface area contributed by atoms with Gasteiger partial charge in [-0.2, -0.15) is 0 Å². The van der Waals surface area contributed by atoms with Crippen molar-refractivity contribution < 1.29 is 28.5 Å². The standard InChI is InChI=1S/C21H16BrF2N3O4/c1-31-20-13(4-9(23)7-25-20)18(28)17-16(21(29)30)26-19-12-5-14(22)15(24)6-11(12)8-2-10(3-8)27(17)19/h4-8,10,18,28H,2-3H2,1H3,(H,29,30). The van der Waals surface area contributed by atoms with Crippen LogP contribution >= 0.6 is 15.9 Å². The first kappa shape index (κ1) is 20.1. The number of pyridine rings is 1. The van der Waals surface area contributed by atoms with E-state index in [1.807, 2.05) is 0 Å². The van der Waals surface area contributed by atoms with E-state index in [9.17, 15) is 23.8 Å². The molecule has 0 radical (unpaired) electrons. The number of methoxy groups -OCH3 is 1. The van der Waals surface area contributed by atoms with Crippen LogP contribution in [0.15, 0.2) is 28.9 Å². The highest BCUT2D eigenvalue weighted by atomic mass is 79.9. The molecule has 2 bridgehead atoms. The fourth-order valence-electron chi connectivity index (χ4n) is 4.53. The summed E-state index contributed by atoms with van der Waals surface area (Å²) in [4.78, 5) is 20.2. The zero-order valence-electron chi connectivity index (χ0n) is 16.1. The summed E-state index contributed by atoms with van der Waals surface area (Å²) in [5.74, 6) is -2.03. The van der Waals surface area contributed by atoms with Crippen molar-refractivity contribution in [3.05, 3.63) is 63.0 Å². The van der Waals surface area contributed by atoms with Crippen molar-refractivity contribution in [3.8, 4) is 17.3 Å². The van der Waals surface area contributed by atoms with Crippen molar-refractivity contribution in [1.29, 1.82) is 0 Å². The first-order chi connectivity index (χ1) is 14.8. The van der Waals surface area contributed by atoms with Gasteiger partial charge in [0, 0.05) is 11.6 Å². The molecule has 1 saturated carbocycles. The number of aromatic carboxylic acids is 1. The van der Waals surface area contributed by atoms with Crippen LogP contribution in [-0.2, 0) is 0 Å². The molecule has 3 aromatic rings. The van der Waals surface area contributed by atoms with Crippen LogP contribution in [0.25, 0.3) is 11.4 Å². The molecule has 0 amide bonds. The van der Waals surface area contributed by atoms with Crippen molar-refractivity contribution in [2.45, 2.75) is 30.9 Å². The molecule has 0 spiro atoms. The van der Waals surface area contributed by atoms with Gasteiger partial charge in [0.05, 0.1) is 29.0 Å². The molecule has 2 aliphatic heterocycles. The third kappa shape index (κ3) is 2.96. The number of halogens is 3. The molecule has 3 aliphatic rings. The summed E-state index contributed by atoms with van der Waals surface area (Å²) in [6.07, 6.45) is 0.696. The van der Waals surface area contributed by atoms with E-state index in [1.54, 1.807) is 10.6 Å². The van der Waals surface area contributed by atoms with E-state index in [2.05, 4.69) is 25.9 Å². The van der Waals surface area contributed by atoms with Crippen molar-refractivity contribution in [2.75, 3.05) is 7.11 Å². The number of aromatic nitrogens is 3. The molecule has 2 N–H and O–H groups in total. The number of hydrogen-bond donors (Lipinski definition) is 2. The van der Waals surface area contributed by atoms with Gasteiger partial charge in [0.2, 0.25) is 5.88 Å². The van der Waals surface area contributed by atoms with Gasteiger partial charge in [0.15, 0.2) is 5.69 Å². The smallest absolute Gasteiger partial charge is 0.356 e. The fourth-order valence-corrected chi connectivity index (χ4v) is 4.87. The maximum absolute atomic E-state index is 14.2. The minimum absolute atomic E-state index is 0.00618. The maximum Gasteiger partial charge on any atom is 0.356 e. The summed E-state index contributed by atoms with van der Waals surface area (Å²) in [5.41, 5.74) is 1.01. The van der Waals surface area contributed by atoms with E-state index < -0.39 is 23.7 Å². The Kier molecular flexibility index (Phi) is 4.60. The van der Waals surface area contributed by atoms with Crippen molar-refractivity contribution in [2.24, 2.45) is 0 Å². The van der Waals surface area contributed by atoms with E-state index in [0.717, 1.165) is 17.8 Å². The molecule has 10 heteroatoms. The molecule has 1 unspecified atom stereocenters. The summed E-state index contributed by atoms with van der Waals surface area (Å²) in [6.45, 7) is 0. The highest BCUT2D eigenvalue weighted by molar-refractivity contribution is 9.10. The third-order valence-corrected chi connectivity index (χ3v) is 6.60. The van der Waals surface area contributed by atoms with Gasteiger partial charge in [0.1, 0.15) is 23.6 Å². The van der Waals surface area contributed by atoms with E-state index in [1.165, 1.54) is 13.2 Å². The zero-order chi connectivity index (χ0) is 22.0. The Hall–Kier alpha value is -2.85. The van der Waals surface area contributed by atoms with E-state index in [4.69, 9.17) is 4.74 Å². The number of aliphatic hydroxyl groups excluding tert-OH is 1. The van der Waals surface area contributed by atoms with Crippen LogP contribution in [0.1, 0.15) is 58.2 Å². The summed E-state index contributed by atoms with van der Waals surface area (Å²) in [7, 11) is 1.32. The number of rotatable bonds is 4. The second kappa shape index (κ2) is 7.10. The molecule has 6 rings (SSSR count). The molecule has 2 aromatic heterocycles. The average molecular weight is 492 g/mol. The summed E-state index contributed by atoms with van der Waals surface area (Å²) in [6, 6.07) is 3.95. The quantitative estimate of drug-likeness (QED) is 0.567. The molecule has 7 nitrogen and oxygen atoms in total. The molecular weight excluding hydrogens is 476 g/mol. The lowest BCUT2D eigenvalue weighted by atomic mass is 9.75. The van der Waals surface area contributed by atoms with Gasteiger partial charge in [-0.3, -0.25) is 0 Å². The monoisotopic (exact) mass is 491 g/mol. The van der Waals surface area contributed by atoms with E-state index >= 15 is 0 Å². The highest BCUT2D eigenvalue weighted by Gasteiger charge is 2.43. The summed E-state index contributed by atoms with van der Waals surface area (Å²) >= 11 is 3.19. The number of carbonyl (C=O) groups is 1. The number of aliphatic hydroxyl groups is 1. The molecule has 160 valence electrons. The lowest BCUT2D eigenvalue weighted by Gasteiger charge is -2.36. The molecule has 0 saturated heterocycles. The number of carboxylic acid groups (broad SMARTS) is 1. The molecule has 4 heterocycles. The molecule has 31 heavy (non-hydrogen) atoms. The molecular formula is C21H16BrF2N3O4. The largest absolute Gasteiger partial charge is 0.481 e. The Bertz CT molecular complexity index is 1240. The Morgan fingerprint density at radius 3 is 2.74 bits per heavy atom. The van der Waals surface area contributed by atoms with Gasteiger partial charge in [-0.25, -0.2) is 23.5 Å². The number of nitrogens with zero attached hydrogens (tertiary/aromatic N) is 3. The SMILES string of the molecule is COc1ncc(F)cc1C(O)c1c(C(=O)O)nc2n1C1CC(C1)c1cc(F)c(Br)cc1-2. The first-order valence-corrected chi connectivity index (χ1v) is 10.3. The highest BCUT2D eigenvalue weighted by Crippen LogP contribution is 2.54. The molecule has 1 atom stereocenters. The predicted octanol–water partition coefficient (Wildman–Crippen LogP) is 4.21. The van der Waals surface area contributed by atoms with Gasteiger partial charge in [0.25, 0.3) is 0 Å². The maximum atomic E-state index is 14.2. The Morgan fingerprint density at radius 2 is 2.06 bits per heavy atom. The molecule has 1 aromatic carbocycles. The van der Waals surface area contributed by atoms with Crippen molar-refractivity contribution >= 4 is 21.9 Å². The van der Waals surface area contributed by atoms with Crippen LogP contribution < -0.4 is 4.74 Å². The van der Waals surface area contributed by atoms with Gasteiger partial charge < -0.3 is 19.5 Å². The normalized spacial score (nSPS) is 19.6. The number of benzene rings is 1. The third-order valence-electron chi connectivity index (χ3n) is 5.99. The van der Waals surface area contributed by atoms with E-state index in [-0.39, 0.29) is 39.3 Å². The van der Waals surface area contributed by atoms with Crippen molar-refractivity contribution in [1.82, 2.24) is 14.5 Å². The molecule has 1 fully saturated rings. The van der Waals surface area contributed by atoms with Gasteiger partial charge in [-0.15, -0.1) is 0 Å². The van der Waals surface area contributed by atoms with Crippen LogP contribution in [0.4, 0.5) is 8.78 Å². The minimum atomic E-state index is -1.55. The van der Waals surface area contributed by atoms with Crippen LogP contribution in [0, 0.1) is 11.6 Å². The van der Waals surface area contributed by atoms with Crippen LogP contribution in [0.2, 0.25) is 0 Å². The lowest BCUT2D eigenvalue weighted by Crippen LogP contribution is -2.26. The molecule has 1 aliphatic carbocycles. The Balaban J connectivity index is 1.78. The van der Waals surface area contributed by atoms with Crippen LogP contribution in [0.3, 0.4) is 0 Å². The number of carboxylic acids is 1. The van der Waals surface area contributed by atoms with Crippen molar-refractivity contribution in [3.63, 3.8) is 0 Å². The average Bonchev–Trinajstić information content (AvgIpc) is 2.98. The van der Waals surface area contributed by atoms with Crippen LogP contribution in [-0.4, -0.2) is 37.8 Å². The first-order valence-electron chi connectivity index (χ1n) is 9.52. The summed E-state index contributed by atoms with van der Waals surface area (Å²) < 4.78 is 35.2.